The number of carbonyl (C=O) groups is 1. The van der Waals surface area contributed by atoms with Gasteiger partial charge in [0.05, 0.1) is 0 Å². The second-order valence-electron chi connectivity index (χ2n) is 3.47. The molecule has 14 heavy (non-hydrogen) atoms. The second-order valence-corrected chi connectivity index (χ2v) is 4.27. The summed E-state index contributed by atoms with van der Waals surface area (Å²) in [5.74, 6) is 0. The van der Waals surface area contributed by atoms with Crippen LogP contribution in [0.2, 0.25) is 0 Å². The van der Waals surface area contributed by atoms with Crippen LogP contribution in [-0.2, 0) is 4.79 Å². The fraction of sp³-hybridized carbons (Fsp3) is 0.909. The van der Waals surface area contributed by atoms with Crippen LogP contribution in [0.15, 0.2) is 0 Å². The van der Waals surface area contributed by atoms with Gasteiger partial charge in [-0.3, -0.25) is 0 Å². The molecule has 0 spiro atoms. The van der Waals surface area contributed by atoms with Crippen LogP contribution in [-0.4, -0.2) is 30.5 Å². The van der Waals surface area contributed by atoms with Gasteiger partial charge in [-0.15, -0.1) is 0 Å². The topological polar surface area (TPSA) is 17.1 Å². The Morgan fingerprint density at radius 1 is 0.786 bits per heavy atom. The summed E-state index contributed by atoms with van der Waals surface area (Å²) in [6.45, 7) is 0. The van der Waals surface area contributed by atoms with Crippen LogP contribution < -0.4 is 0 Å². The Labute approximate surface area is 109 Å². The SMILES string of the molecule is O=CCCCCCCCCCCBr.[LiH]. The Balaban J connectivity index is 0. The van der Waals surface area contributed by atoms with Gasteiger partial charge in [-0.1, -0.05) is 54.5 Å². The molecule has 0 aliphatic carbocycles. The monoisotopic (exact) mass is 256 g/mol. The van der Waals surface area contributed by atoms with Gasteiger partial charge in [0.15, 0.2) is 0 Å². The van der Waals surface area contributed by atoms with Crippen molar-refractivity contribution in [1.29, 1.82) is 0 Å². The predicted octanol–water partition coefficient (Wildman–Crippen LogP) is 3.44. The zero-order chi connectivity index (χ0) is 9.78. The summed E-state index contributed by atoms with van der Waals surface area (Å²) in [7, 11) is 0. The number of carbonyl (C=O) groups excluding carboxylic acids is 1. The summed E-state index contributed by atoms with van der Waals surface area (Å²) in [5.41, 5.74) is 0. The Morgan fingerprint density at radius 2 is 1.21 bits per heavy atom. The molecule has 80 valence electrons. The molecule has 0 atom stereocenters. The van der Waals surface area contributed by atoms with Gasteiger partial charge in [0, 0.05) is 11.8 Å². The van der Waals surface area contributed by atoms with Crippen molar-refractivity contribution in [2.75, 3.05) is 5.33 Å². The van der Waals surface area contributed by atoms with E-state index in [4.69, 9.17) is 0 Å². The fourth-order valence-corrected chi connectivity index (χ4v) is 1.78. The van der Waals surface area contributed by atoms with E-state index in [1.165, 1.54) is 44.9 Å². The normalized spacial score (nSPS) is 9.50. The molecule has 0 aliphatic heterocycles. The molecule has 0 amide bonds. The van der Waals surface area contributed by atoms with Crippen molar-refractivity contribution >= 4 is 41.1 Å². The van der Waals surface area contributed by atoms with Crippen LogP contribution in [0.4, 0.5) is 0 Å². The van der Waals surface area contributed by atoms with Crippen molar-refractivity contribution in [3.05, 3.63) is 0 Å². The molecule has 0 saturated heterocycles. The molecule has 0 fully saturated rings. The zero-order valence-electron chi connectivity index (χ0n) is 8.43. The average molecular weight is 257 g/mol. The van der Waals surface area contributed by atoms with E-state index in [2.05, 4.69) is 15.9 Å². The number of aldehydes is 1. The second kappa shape index (κ2) is 16.2. The molecular formula is C11H22BrLiO. The average Bonchev–Trinajstić information content (AvgIpc) is 2.16. The van der Waals surface area contributed by atoms with Crippen LogP contribution in [0, 0.1) is 0 Å². The molecule has 0 N–H and O–H groups in total. The third kappa shape index (κ3) is 15.2. The Morgan fingerprint density at radius 3 is 1.64 bits per heavy atom. The summed E-state index contributed by atoms with van der Waals surface area (Å²) < 4.78 is 0. The van der Waals surface area contributed by atoms with E-state index in [0.29, 0.717) is 0 Å². The number of rotatable bonds is 10. The standard InChI is InChI=1S/C11H21BrO.Li.H/c12-10-8-6-4-2-1-3-5-7-9-11-13;;/h11H,1-10H2;;. The van der Waals surface area contributed by atoms with E-state index < -0.39 is 0 Å². The molecule has 0 bridgehead atoms. The molecule has 0 aliphatic rings. The molecule has 0 rings (SSSR count). The van der Waals surface area contributed by atoms with Gasteiger partial charge >= 0.3 is 18.9 Å². The third-order valence-corrected chi connectivity index (χ3v) is 2.77. The molecule has 3 heteroatoms. The van der Waals surface area contributed by atoms with Crippen molar-refractivity contribution in [3.8, 4) is 0 Å². The van der Waals surface area contributed by atoms with Crippen LogP contribution in [0.5, 0.6) is 0 Å². The van der Waals surface area contributed by atoms with Crippen LogP contribution in [0.1, 0.15) is 57.8 Å². The maximum atomic E-state index is 10.0. The van der Waals surface area contributed by atoms with E-state index in [1.807, 2.05) is 0 Å². The van der Waals surface area contributed by atoms with E-state index in [1.54, 1.807) is 0 Å². The van der Waals surface area contributed by atoms with Crippen molar-refractivity contribution in [3.63, 3.8) is 0 Å². The summed E-state index contributed by atoms with van der Waals surface area (Å²) in [4.78, 5) is 10.0. The van der Waals surface area contributed by atoms with E-state index in [-0.39, 0.29) is 18.9 Å². The Hall–Kier alpha value is 0.747. The first kappa shape index (κ1) is 17.2. The van der Waals surface area contributed by atoms with Gasteiger partial charge in [0.25, 0.3) is 0 Å². The summed E-state index contributed by atoms with van der Waals surface area (Å²) in [6, 6.07) is 0. The molecule has 1 nitrogen and oxygen atoms in total. The summed E-state index contributed by atoms with van der Waals surface area (Å²) >= 11 is 3.43. The summed E-state index contributed by atoms with van der Waals surface area (Å²) in [6.07, 6.45) is 12.2. The Kier molecular flexibility index (Phi) is 19.8. The molecule has 0 aromatic heterocycles. The van der Waals surface area contributed by atoms with Crippen molar-refractivity contribution in [2.24, 2.45) is 0 Å². The number of halogens is 1. The minimum absolute atomic E-state index is 0. The quantitative estimate of drug-likeness (QED) is 0.253. The molecule has 0 saturated carbocycles. The molecule has 0 aromatic carbocycles. The minimum atomic E-state index is 0. The van der Waals surface area contributed by atoms with Crippen molar-refractivity contribution in [2.45, 2.75) is 57.8 Å². The number of hydrogen-bond acceptors (Lipinski definition) is 1. The first-order valence-corrected chi connectivity index (χ1v) is 6.53. The molecule has 0 aromatic rings. The van der Waals surface area contributed by atoms with E-state index in [9.17, 15) is 4.79 Å². The van der Waals surface area contributed by atoms with Crippen molar-refractivity contribution < 1.29 is 4.79 Å². The van der Waals surface area contributed by atoms with E-state index in [0.717, 1.165) is 24.5 Å². The number of hydrogen-bond donors (Lipinski definition) is 0. The predicted molar refractivity (Wildman–Crippen MR) is 68.6 cm³/mol. The summed E-state index contributed by atoms with van der Waals surface area (Å²) in [5, 5.41) is 1.15. The Bertz CT molecular complexity index is 109. The van der Waals surface area contributed by atoms with Gasteiger partial charge in [-0.2, -0.15) is 0 Å². The first-order valence-electron chi connectivity index (χ1n) is 5.41. The van der Waals surface area contributed by atoms with Crippen molar-refractivity contribution in [1.82, 2.24) is 0 Å². The van der Waals surface area contributed by atoms with E-state index >= 15 is 0 Å². The van der Waals surface area contributed by atoms with Gasteiger partial charge in [-0.25, -0.2) is 0 Å². The number of alkyl halides is 1. The van der Waals surface area contributed by atoms with Gasteiger partial charge in [0.1, 0.15) is 6.29 Å². The third-order valence-electron chi connectivity index (χ3n) is 2.21. The van der Waals surface area contributed by atoms with Crippen LogP contribution >= 0.6 is 15.9 Å². The number of unbranched alkanes of at least 4 members (excludes halogenated alkanes) is 8. The van der Waals surface area contributed by atoms with Crippen LogP contribution in [0.3, 0.4) is 0 Å². The van der Waals surface area contributed by atoms with Gasteiger partial charge in [0.2, 0.25) is 0 Å². The molecule has 0 unspecified atom stereocenters. The first-order chi connectivity index (χ1) is 6.41. The van der Waals surface area contributed by atoms with Crippen LogP contribution in [0.25, 0.3) is 0 Å². The fourth-order valence-electron chi connectivity index (χ4n) is 1.38. The zero-order valence-corrected chi connectivity index (χ0v) is 10.0. The molecular weight excluding hydrogens is 235 g/mol. The molecule has 0 heterocycles. The maximum absolute atomic E-state index is 10.0. The molecule has 0 radical (unpaired) electrons. The van der Waals surface area contributed by atoms with Gasteiger partial charge in [-0.05, 0) is 12.8 Å². The van der Waals surface area contributed by atoms with Gasteiger partial charge < -0.3 is 4.79 Å².